The van der Waals surface area contributed by atoms with Gasteiger partial charge in [0.1, 0.15) is 0 Å². The van der Waals surface area contributed by atoms with E-state index in [-0.39, 0.29) is 5.91 Å². The molecule has 2 aromatic rings. The molecule has 4 nitrogen and oxygen atoms in total. The quantitative estimate of drug-likeness (QED) is 0.883. The highest BCUT2D eigenvalue weighted by Gasteiger charge is 2.18. The third-order valence-corrected chi connectivity index (χ3v) is 3.81. The maximum atomic E-state index is 11.9. The minimum atomic E-state index is -0.148. The van der Waals surface area contributed by atoms with Gasteiger partial charge in [0.25, 0.3) is 5.91 Å². The van der Waals surface area contributed by atoms with Crippen LogP contribution in [0.4, 0.5) is 5.13 Å². The molecule has 1 N–H and O–H groups in total. The van der Waals surface area contributed by atoms with Gasteiger partial charge in [-0.2, -0.15) is 0 Å². The number of nitrogens with one attached hydrogen (secondary N) is 1. The van der Waals surface area contributed by atoms with E-state index in [1.54, 1.807) is 35.9 Å². The average Bonchev–Trinajstić information content (AvgIpc) is 2.90. The number of aromatic nitrogens is 2. The Morgan fingerprint density at radius 1 is 1.41 bits per heavy atom. The van der Waals surface area contributed by atoms with E-state index in [0.717, 1.165) is 18.5 Å². The second kappa shape index (κ2) is 4.25. The van der Waals surface area contributed by atoms with Crippen LogP contribution in [-0.2, 0) is 12.8 Å². The Kier molecular flexibility index (Phi) is 2.60. The number of amides is 1. The number of anilines is 1. The van der Waals surface area contributed by atoms with Crippen molar-refractivity contribution < 1.29 is 4.79 Å². The van der Waals surface area contributed by atoms with Crippen LogP contribution in [0.1, 0.15) is 27.3 Å². The molecule has 5 heteroatoms. The minimum Gasteiger partial charge on any atom is -0.298 e. The van der Waals surface area contributed by atoms with E-state index in [4.69, 9.17) is 0 Å². The Morgan fingerprint density at radius 2 is 2.35 bits per heavy atom. The van der Waals surface area contributed by atoms with Crippen LogP contribution in [0.25, 0.3) is 0 Å². The van der Waals surface area contributed by atoms with Crippen LogP contribution < -0.4 is 5.32 Å². The standard InChI is InChI=1S/C12H11N3OS/c16-11(8-3-2-6-13-7-8)15-12-14-9-4-1-5-10(9)17-12/h2-3,6-7H,1,4-5H2,(H,14,15,16). The molecule has 86 valence electrons. The Labute approximate surface area is 103 Å². The van der Waals surface area contributed by atoms with E-state index < -0.39 is 0 Å². The zero-order chi connectivity index (χ0) is 11.7. The maximum Gasteiger partial charge on any atom is 0.259 e. The van der Waals surface area contributed by atoms with Gasteiger partial charge in [-0.05, 0) is 31.4 Å². The van der Waals surface area contributed by atoms with Crippen LogP contribution in [0.3, 0.4) is 0 Å². The molecule has 0 bridgehead atoms. The maximum absolute atomic E-state index is 11.9. The van der Waals surface area contributed by atoms with Gasteiger partial charge in [-0.1, -0.05) is 0 Å². The molecule has 0 radical (unpaired) electrons. The van der Waals surface area contributed by atoms with Gasteiger partial charge in [-0.15, -0.1) is 11.3 Å². The van der Waals surface area contributed by atoms with Crippen LogP contribution in [0.5, 0.6) is 0 Å². The van der Waals surface area contributed by atoms with Crippen molar-refractivity contribution in [1.29, 1.82) is 0 Å². The minimum absolute atomic E-state index is 0.148. The van der Waals surface area contributed by atoms with E-state index in [2.05, 4.69) is 15.3 Å². The van der Waals surface area contributed by atoms with E-state index in [9.17, 15) is 4.79 Å². The van der Waals surface area contributed by atoms with E-state index >= 15 is 0 Å². The van der Waals surface area contributed by atoms with Gasteiger partial charge in [0.2, 0.25) is 0 Å². The highest BCUT2D eigenvalue weighted by Crippen LogP contribution is 2.30. The molecule has 0 saturated carbocycles. The van der Waals surface area contributed by atoms with Crippen LogP contribution in [0.15, 0.2) is 24.5 Å². The smallest absolute Gasteiger partial charge is 0.259 e. The molecular formula is C12H11N3OS. The lowest BCUT2D eigenvalue weighted by Gasteiger charge is -2.00. The summed E-state index contributed by atoms with van der Waals surface area (Å²) in [6.07, 6.45) is 6.51. The zero-order valence-corrected chi connectivity index (χ0v) is 9.96. The highest BCUT2D eigenvalue weighted by atomic mass is 32.1. The lowest BCUT2D eigenvalue weighted by Crippen LogP contribution is -2.11. The molecule has 0 aromatic carbocycles. The average molecular weight is 245 g/mol. The van der Waals surface area contributed by atoms with E-state index in [0.29, 0.717) is 10.7 Å². The second-order valence-electron chi connectivity index (χ2n) is 3.94. The molecule has 0 fully saturated rings. The molecule has 2 aromatic heterocycles. The van der Waals surface area contributed by atoms with Crippen LogP contribution in [0, 0.1) is 0 Å². The number of fused-ring (bicyclic) bond motifs is 1. The van der Waals surface area contributed by atoms with Crippen molar-refractivity contribution >= 4 is 22.4 Å². The molecule has 0 unspecified atom stereocenters. The predicted octanol–water partition coefficient (Wildman–Crippen LogP) is 2.28. The summed E-state index contributed by atoms with van der Waals surface area (Å²) >= 11 is 1.58. The third-order valence-electron chi connectivity index (χ3n) is 2.74. The van der Waals surface area contributed by atoms with Gasteiger partial charge in [0.15, 0.2) is 5.13 Å². The number of nitrogens with zero attached hydrogens (tertiary/aromatic N) is 2. The zero-order valence-electron chi connectivity index (χ0n) is 9.14. The molecule has 2 heterocycles. The number of carbonyl (C=O) groups is 1. The Bertz CT molecular complexity index is 529. The lowest BCUT2D eigenvalue weighted by molar-refractivity contribution is 0.102. The van der Waals surface area contributed by atoms with Crippen molar-refractivity contribution in [1.82, 2.24) is 9.97 Å². The number of aryl methyl sites for hydroxylation is 2. The molecule has 17 heavy (non-hydrogen) atoms. The van der Waals surface area contributed by atoms with Gasteiger partial charge in [-0.3, -0.25) is 15.1 Å². The van der Waals surface area contributed by atoms with E-state index in [1.807, 2.05) is 0 Å². The first-order chi connectivity index (χ1) is 8.33. The van der Waals surface area contributed by atoms with Gasteiger partial charge in [0, 0.05) is 17.3 Å². The van der Waals surface area contributed by atoms with Crippen LogP contribution in [0.2, 0.25) is 0 Å². The monoisotopic (exact) mass is 245 g/mol. The van der Waals surface area contributed by atoms with Crippen molar-refractivity contribution in [3.63, 3.8) is 0 Å². The first-order valence-corrected chi connectivity index (χ1v) is 6.34. The molecular weight excluding hydrogens is 234 g/mol. The number of carbonyl (C=O) groups excluding carboxylic acids is 1. The van der Waals surface area contributed by atoms with Crippen molar-refractivity contribution in [3.05, 3.63) is 40.7 Å². The number of hydrogen-bond donors (Lipinski definition) is 1. The largest absolute Gasteiger partial charge is 0.298 e. The third kappa shape index (κ3) is 2.06. The molecule has 0 saturated heterocycles. The first-order valence-electron chi connectivity index (χ1n) is 5.53. The van der Waals surface area contributed by atoms with Gasteiger partial charge >= 0.3 is 0 Å². The summed E-state index contributed by atoms with van der Waals surface area (Å²) in [5.74, 6) is -0.148. The number of pyridine rings is 1. The highest BCUT2D eigenvalue weighted by molar-refractivity contribution is 7.15. The van der Waals surface area contributed by atoms with Crippen LogP contribution in [-0.4, -0.2) is 15.9 Å². The summed E-state index contributed by atoms with van der Waals surface area (Å²) in [7, 11) is 0. The molecule has 1 amide bonds. The fraction of sp³-hybridized carbons (Fsp3) is 0.250. The lowest BCUT2D eigenvalue weighted by atomic mass is 10.3. The summed E-state index contributed by atoms with van der Waals surface area (Å²) in [4.78, 5) is 21.5. The number of rotatable bonds is 2. The summed E-state index contributed by atoms with van der Waals surface area (Å²) in [6.45, 7) is 0. The molecule has 0 spiro atoms. The van der Waals surface area contributed by atoms with E-state index in [1.165, 1.54) is 11.3 Å². The second-order valence-corrected chi connectivity index (χ2v) is 5.02. The number of hydrogen-bond acceptors (Lipinski definition) is 4. The Hall–Kier alpha value is -1.75. The van der Waals surface area contributed by atoms with Gasteiger partial charge in [-0.25, -0.2) is 4.98 Å². The van der Waals surface area contributed by atoms with Gasteiger partial charge in [0.05, 0.1) is 11.3 Å². The van der Waals surface area contributed by atoms with Crippen LogP contribution >= 0.6 is 11.3 Å². The van der Waals surface area contributed by atoms with Crippen molar-refractivity contribution in [2.24, 2.45) is 0 Å². The fourth-order valence-corrected chi connectivity index (χ4v) is 2.96. The molecule has 0 aliphatic heterocycles. The van der Waals surface area contributed by atoms with Crippen molar-refractivity contribution in [2.45, 2.75) is 19.3 Å². The summed E-state index contributed by atoms with van der Waals surface area (Å²) in [5, 5.41) is 3.51. The topological polar surface area (TPSA) is 54.9 Å². The van der Waals surface area contributed by atoms with Crippen molar-refractivity contribution in [3.8, 4) is 0 Å². The number of thiazole rings is 1. The Morgan fingerprint density at radius 3 is 3.12 bits per heavy atom. The summed E-state index contributed by atoms with van der Waals surface area (Å²) in [6, 6.07) is 3.49. The molecule has 1 aliphatic rings. The first kappa shape index (κ1) is 10.4. The Balaban J connectivity index is 1.77. The summed E-state index contributed by atoms with van der Waals surface area (Å²) < 4.78 is 0. The SMILES string of the molecule is O=C(Nc1nc2c(s1)CCC2)c1cccnc1. The normalized spacial score (nSPS) is 13.4. The molecule has 1 aliphatic carbocycles. The molecule has 3 rings (SSSR count). The van der Waals surface area contributed by atoms with Gasteiger partial charge < -0.3 is 0 Å². The predicted molar refractivity (Wildman–Crippen MR) is 66.3 cm³/mol. The fourth-order valence-electron chi connectivity index (χ4n) is 1.91. The van der Waals surface area contributed by atoms with Crippen molar-refractivity contribution in [2.75, 3.05) is 5.32 Å². The molecule has 0 atom stereocenters. The summed E-state index contributed by atoms with van der Waals surface area (Å²) in [5.41, 5.74) is 1.71.